The van der Waals surface area contributed by atoms with E-state index in [0.717, 1.165) is 16.6 Å². The van der Waals surface area contributed by atoms with Gasteiger partial charge in [-0.3, -0.25) is 0 Å². The van der Waals surface area contributed by atoms with Gasteiger partial charge in [0, 0.05) is 22.6 Å². The molecule has 0 aliphatic heterocycles. The minimum atomic E-state index is 0.116. The molecule has 0 amide bonds. The monoisotopic (exact) mass is 305 g/mol. The van der Waals surface area contributed by atoms with Crippen LogP contribution in [-0.2, 0) is 6.54 Å². The first-order chi connectivity index (χ1) is 8.66. The summed E-state index contributed by atoms with van der Waals surface area (Å²) < 4.78 is 1.08. The highest BCUT2D eigenvalue weighted by atomic mass is 79.9. The number of phenols is 1. The predicted octanol–water partition coefficient (Wildman–Crippen LogP) is 4.01. The van der Waals surface area contributed by atoms with E-state index in [1.54, 1.807) is 6.07 Å². The van der Waals surface area contributed by atoms with Crippen LogP contribution < -0.4 is 5.32 Å². The highest BCUT2D eigenvalue weighted by Gasteiger charge is 2.08. The van der Waals surface area contributed by atoms with Gasteiger partial charge in [0.1, 0.15) is 5.75 Å². The summed E-state index contributed by atoms with van der Waals surface area (Å²) in [6, 6.07) is 15.7. The van der Waals surface area contributed by atoms with E-state index in [-0.39, 0.29) is 6.04 Å². The van der Waals surface area contributed by atoms with E-state index in [2.05, 4.69) is 33.4 Å². The van der Waals surface area contributed by atoms with Crippen LogP contribution in [-0.4, -0.2) is 5.11 Å². The molecule has 3 heteroatoms. The Morgan fingerprint density at radius 3 is 2.67 bits per heavy atom. The topological polar surface area (TPSA) is 32.3 Å². The van der Waals surface area contributed by atoms with E-state index >= 15 is 0 Å². The molecule has 2 N–H and O–H groups in total. The van der Waals surface area contributed by atoms with E-state index in [1.165, 1.54) is 5.56 Å². The number of para-hydroxylation sites is 1. The average Bonchev–Trinajstić information content (AvgIpc) is 2.37. The molecule has 0 saturated heterocycles. The Morgan fingerprint density at radius 2 is 1.94 bits per heavy atom. The summed E-state index contributed by atoms with van der Waals surface area (Å²) in [5.74, 6) is 0.340. The summed E-state index contributed by atoms with van der Waals surface area (Å²) in [6.45, 7) is 2.82. The van der Waals surface area contributed by atoms with Crippen molar-refractivity contribution in [3.8, 4) is 5.75 Å². The Morgan fingerprint density at radius 1 is 1.17 bits per heavy atom. The van der Waals surface area contributed by atoms with Crippen LogP contribution in [0.25, 0.3) is 0 Å². The molecule has 2 nitrogen and oxygen atoms in total. The van der Waals surface area contributed by atoms with E-state index in [9.17, 15) is 5.11 Å². The lowest BCUT2D eigenvalue weighted by molar-refractivity contribution is 0.452. The summed E-state index contributed by atoms with van der Waals surface area (Å²) >= 11 is 3.46. The Hall–Kier alpha value is -1.32. The van der Waals surface area contributed by atoms with Crippen LogP contribution in [0.2, 0.25) is 0 Å². The number of rotatable bonds is 4. The van der Waals surface area contributed by atoms with Gasteiger partial charge in [-0.1, -0.05) is 46.3 Å². The fourth-order valence-corrected chi connectivity index (χ4v) is 2.33. The Labute approximate surface area is 116 Å². The molecular weight excluding hydrogens is 290 g/mol. The normalized spacial score (nSPS) is 12.3. The largest absolute Gasteiger partial charge is 0.508 e. The average molecular weight is 306 g/mol. The lowest BCUT2D eigenvalue weighted by Crippen LogP contribution is -2.18. The van der Waals surface area contributed by atoms with Gasteiger partial charge in [0.05, 0.1) is 0 Å². The van der Waals surface area contributed by atoms with Crippen molar-refractivity contribution in [3.63, 3.8) is 0 Å². The summed E-state index contributed by atoms with van der Waals surface area (Å²) in [7, 11) is 0. The molecule has 0 aromatic heterocycles. The first kappa shape index (κ1) is 13.1. The molecule has 2 aromatic carbocycles. The second-order valence-electron chi connectivity index (χ2n) is 4.29. The van der Waals surface area contributed by atoms with Crippen molar-refractivity contribution in [1.29, 1.82) is 0 Å². The second-order valence-corrected chi connectivity index (χ2v) is 5.21. The van der Waals surface area contributed by atoms with Crippen molar-refractivity contribution in [2.24, 2.45) is 0 Å². The van der Waals surface area contributed by atoms with E-state index < -0.39 is 0 Å². The first-order valence-corrected chi connectivity index (χ1v) is 6.72. The van der Waals surface area contributed by atoms with Crippen molar-refractivity contribution >= 4 is 15.9 Å². The van der Waals surface area contributed by atoms with Gasteiger partial charge in [-0.05, 0) is 30.7 Å². The zero-order chi connectivity index (χ0) is 13.0. The number of hydrogen-bond acceptors (Lipinski definition) is 2. The van der Waals surface area contributed by atoms with Gasteiger partial charge < -0.3 is 10.4 Å². The third-order valence-corrected chi connectivity index (χ3v) is 3.40. The van der Waals surface area contributed by atoms with Crippen LogP contribution >= 0.6 is 15.9 Å². The molecule has 0 aliphatic carbocycles. The highest BCUT2D eigenvalue weighted by Crippen LogP contribution is 2.23. The Balaban J connectivity index is 2.00. The molecule has 2 rings (SSSR count). The standard InChI is InChI=1S/C15H16BrNO/c1-11(14-7-2-3-8-15(14)18)17-10-12-5-4-6-13(16)9-12/h2-9,11,17-18H,10H2,1H3. The molecule has 0 heterocycles. The lowest BCUT2D eigenvalue weighted by Gasteiger charge is -2.15. The SMILES string of the molecule is CC(NCc1cccc(Br)c1)c1ccccc1O. The van der Waals surface area contributed by atoms with Gasteiger partial charge in [-0.15, -0.1) is 0 Å². The predicted molar refractivity (Wildman–Crippen MR) is 77.5 cm³/mol. The number of aromatic hydroxyl groups is 1. The highest BCUT2D eigenvalue weighted by molar-refractivity contribution is 9.10. The summed E-state index contributed by atoms with van der Waals surface area (Å²) in [5, 5.41) is 13.2. The molecule has 18 heavy (non-hydrogen) atoms. The van der Waals surface area contributed by atoms with E-state index in [0.29, 0.717) is 5.75 Å². The maximum atomic E-state index is 9.77. The molecule has 1 atom stereocenters. The molecule has 1 unspecified atom stereocenters. The summed E-state index contributed by atoms with van der Waals surface area (Å²) in [5.41, 5.74) is 2.14. The maximum absolute atomic E-state index is 9.77. The fourth-order valence-electron chi connectivity index (χ4n) is 1.88. The lowest BCUT2D eigenvalue weighted by atomic mass is 10.1. The molecule has 0 radical (unpaired) electrons. The van der Waals surface area contributed by atoms with Gasteiger partial charge >= 0.3 is 0 Å². The smallest absolute Gasteiger partial charge is 0.120 e. The molecule has 0 fully saturated rings. The van der Waals surface area contributed by atoms with Crippen molar-refractivity contribution in [2.45, 2.75) is 19.5 Å². The molecule has 2 aromatic rings. The Bertz CT molecular complexity index is 527. The minimum absolute atomic E-state index is 0.116. The van der Waals surface area contributed by atoms with Crippen LogP contribution in [0.5, 0.6) is 5.75 Å². The zero-order valence-electron chi connectivity index (χ0n) is 10.2. The van der Waals surface area contributed by atoms with Gasteiger partial charge in [0.25, 0.3) is 0 Å². The van der Waals surface area contributed by atoms with Crippen LogP contribution in [0.3, 0.4) is 0 Å². The van der Waals surface area contributed by atoms with Crippen molar-refractivity contribution in [1.82, 2.24) is 5.32 Å². The van der Waals surface area contributed by atoms with Gasteiger partial charge in [0.15, 0.2) is 0 Å². The third kappa shape index (κ3) is 3.34. The third-order valence-electron chi connectivity index (χ3n) is 2.90. The zero-order valence-corrected chi connectivity index (χ0v) is 11.8. The molecule has 0 spiro atoms. The number of hydrogen-bond donors (Lipinski definition) is 2. The second kappa shape index (κ2) is 6.03. The first-order valence-electron chi connectivity index (χ1n) is 5.92. The quantitative estimate of drug-likeness (QED) is 0.894. The van der Waals surface area contributed by atoms with Crippen molar-refractivity contribution < 1.29 is 5.11 Å². The van der Waals surface area contributed by atoms with Crippen molar-refractivity contribution in [3.05, 3.63) is 64.1 Å². The summed E-state index contributed by atoms with van der Waals surface area (Å²) in [6.07, 6.45) is 0. The Kier molecular flexibility index (Phi) is 4.39. The maximum Gasteiger partial charge on any atom is 0.120 e. The van der Waals surface area contributed by atoms with Crippen LogP contribution in [0, 0.1) is 0 Å². The molecule has 0 bridgehead atoms. The van der Waals surface area contributed by atoms with Gasteiger partial charge in [-0.2, -0.15) is 0 Å². The van der Waals surface area contributed by atoms with Crippen LogP contribution in [0.15, 0.2) is 53.0 Å². The van der Waals surface area contributed by atoms with E-state index in [1.807, 2.05) is 37.3 Å². The number of benzene rings is 2. The van der Waals surface area contributed by atoms with Crippen LogP contribution in [0.4, 0.5) is 0 Å². The van der Waals surface area contributed by atoms with Gasteiger partial charge in [0.2, 0.25) is 0 Å². The summed E-state index contributed by atoms with van der Waals surface area (Å²) in [4.78, 5) is 0. The molecular formula is C15H16BrNO. The molecule has 0 aliphatic rings. The molecule has 0 saturated carbocycles. The van der Waals surface area contributed by atoms with Gasteiger partial charge in [-0.25, -0.2) is 0 Å². The number of phenolic OH excluding ortho intramolecular Hbond substituents is 1. The number of halogens is 1. The minimum Gasteiger partial charge on any atom is -0.508 e. The number of nitrogens with one attached hydrogen (secondary N) is 1. The van der Waals surface area contributed by atoms with Crippen LogP contribution in [0.1, 0.15) is 24.1 Å². The molecule has 94 valence electrons. The fraction of sp³-hybridized carbons (Fsp3) is 0.200. The van der Waals surface area contributed by atoms with Crippen molar-refractivity contribution in [2.75, 3.05) is 0 Å². The van der Waals surface area contributed by atoms with E-state index in [4.69, 9.17) is 0 Å².